The molecule has 0 aliphatic carbocycles. The number of ether oxygens (including phenoxy) is 1. The largest absolute Gasteiger partial charge is 0.477 e. The van der Waals surface area contributed by atoms with Crippen LogP contribution in [0.1, 0.15) is 19.8 Å². The van der Waals surface area contributed by atoms with E-state index >= 15 is 0 Å². The van der Waals surface area contributed by atoms with Crippen molar-refractivity contribution in [3.63, 3.8) is 0 Å². The Balaban J connectivity index is 0.000000210. The summed E-state index contributed by atoms with van der Waals surface area (Å²) in [5.41, 5.74) is 6.85. The first-order valence-corrected chi connectivity index (χ1v) is 10.2. The van der Waals surface area contributed by atoms with Gasteiger partial charge in [-0.1, -0.05) is 18.2 Å². The maximum Gasteiger partial charge on any atom is 0.247 e. The van der Waals surface area contributed by atoms with Crippen molar-refractivity contribution < 1.29 is 9.53 Å². The van der Waals surface area contributed by atoms with Gasteiger partial charge in [0.05, 0.1) is 18.3 Å². The van der Waals surface area contributed by atoms with E-state index < -0.39 is 0 Å². The highest BCUT2D eigenvalue weighted by molar-refractivity contribution is 6.31. The fourth-order valence-corrected chi connectivity index (χ4v) is 3.24. The molecule has 1 aliphatic rings. The van der Waals surface area contributed by atoms with Crippen LogP contribution in [0.2, 0.25) is 5.02 Å². The van der Waals surface area contributed by atoms with E-state index in [4.69, 9.17) is 22.1 Å². The third kappa shape index (κ3) is 5.79. The lowest BCUT2D eigenvalue weighted by Crippen LogP contribution is -2.19. The van der Waals surface area contributed by atoms with Crippen molar-refractivity contribution in [1.29, 1.82) is 0 Å². The van der Waals surface area contributed by atoms with Gasteiger partial charge in [0.1, 0.15) is 17.2 Å². The van der Waals surface area contributed by atoms with Crippen molar-refractivity contribution in [2.45, 2.75) is 19.8 Å². The number of halogens is 1. The van der Waals surface area contributed by atoms with Crippen LogP contribution in [0.3, 0.4) is 0 Å². The molecule has 10 heteroatoms. The van der Waals surface area contributed by atoms with Crippen molar-refractivity contribution in [3.8, 4) is 5.88 Å². The standard InChI is InChI=1S/C15H16N4O.C6H8ClN3O/c1-2-14(20)18-11-5-6-12-13(9-11)16-10-17-15(12)19-7-3-4-8-19;1-2-11-5-4(7)3-9-6(8)10-5/h2,5-6,9-10H,1,3-4,7-8H2,(H,18,20);3H,2H2,1H3,(H2,8,9,10). The zero-order valence-corrected chi connectivity index (χ0v) is 18.0. The number of anilines is 3. The molecule has 3 aromatic rings. The van der Waals surface area contributed by atoms with Gasteiger partial charge < -0.3 is 20.7 Å². The lowest BCUT2D eigenvalue weighted by atomic mass is 10.2. The Kier molecular flexibility index (Phi) is 7.55. The Morgan fingerprint density at radius 3 is 2.81 bits per heavy atom. The zero-order valence-electron chi connectivity index (χ0n) is 17.2. The maximum absolute atomic E-state index is 11.3. The second-order valence-electron chi connectivity index (χ2n) is 6.63. The van der Waals surface area contributed by atoms with Crippen LogP contribution in [0.15, 0.2) is 43.4 Å². The van der Waals surface area contributed by atoms with Gasteiger partial charge in [0.25, 0.3) is 0 Å². The molecule has 162 valence electrons. The van der Waals surface area contributed by atoms with Gasteiger partial charge in [-0.3, -0.25) is 4.79 Å². The molecule has 31 heavy (non-hydrogen) atoms. The highest BCUT2D eigenvalue weighted by Gasteiger charge is 2.16. The molecule has 4 rings (SSSR count). The van der Waals surface area contributed by atoms with E-state index in [9.17, 15) is 4.79 Å². The second kappa shape index (κ2) is 10.5. The number of aromatic nitrogens is 4. The van der Waals surface area contributed by atoms with Crippen molar-refractivity contribution in [1.82, 2.24) is 19.9 Å². The minimum absolute atomic E-state index is 0.165. The zero-order chi connectivity index (χ0) is 22.2. The normalized spacial score (nSPS) is 12.8. The van der Waals surface area contributed by atoms with Crippen LogP contribution < -0.4 is 20.7 Å². The van der Waals surface area contributed by atoms with Crippen LogP contribution in [0.25, 0.3) is 10.9 Å². The summed E-state index contributed by atoms with van der Waals surface area (Å²) >= 11 is 5.67. The first-order chi connectivity index (χ1) is 15.0. The minimum atomic E-state index is -0.224. The number of amides is 1. The molecule has 1 fully saturated rings. The molecular formula is C21H24ClN7O2. The summed E-state index contributed by atoms with van der Waals surface area (Å²) in [5, 5.41) is 4.14. The van der Waals surface area contributed by atoms with Gasteiger partial charge in [-0.25, -0.2) is 15.0 Å². The molecule has 1 amide bonds. The van der Waals surface area contributed by atoms with Crippen molar-refractivity contribution in [2.24, 2.45) is 0 Å². The third-order valence-corrected chi connectivity index (χ3v) is 4.74. The Hall–Kier alpha value is -3.46. The quantitative estimate of drug-likeness (QED) is 0.577. The molecule has 0 spiro atoms. The highest BCUT2D eigenvalue weighted by Crippen LogP contribution is 2.27. The summed E-state index contributed by atoms with van der Waals surface area (Å²) in [6, 6.07) is 5.69. The average molecular weight is 442 g/mol. The summed E-state index contributed by atoms with van der Waals surface area (Å²) < 4.78 is 5.05. The van der Waals surface area contributed by atoms with Gasteiger partial charge in [-0.05, 0) is 44.0 Å². The van der Waals surface area contributed by atoms with Gasteiger partial charge in [0, 0.05) is 24.2 Å². The minimum Gasteiger partial charge on any atom is -0.477 e. The van der Waals surface area contributed by atoms with Gasteiger partial charge in [0.2, 0.25) is 17.7 Å². The fraction of sp³-hybridized carbons (Fsp3) is 0.286. The second-order valence-corrected chi connectivity index (χ2v) is 7.04. The summed E-state index contributed by atoms with van der Waals surface area (Å²) in [7, 11) is 0. The van der Waals surface area contributed by atoms with Crippen LogP contribution in [-0.2, 0) is 4.79 Å². The molecule has 2 aromatic heterocycles. The average Bonchev–Trinajstić information content (AvgIpc) is 3.31. The highest BCUT2D eigenvalue weighted by atomic mass is 35.5. The van der Waals surface area contributed by atoms with Crippen LogP contribution >= 0.6 is 11.6 Å². The Morgan fingerprint density at radius 2 is 2.10 bits per heavy atom. The first-order valence-electron chi connectivity index (χ1n) is 9.85. The number of carbonyl (C=O) groups is 1. The van der Waals surface area contributed by atoms with E-state index in [1.165, 1.54) is 25.1 Å². The lowest BCUT2D eigenvalue weighted by Gasteiger charge is -2.18. The number of fused-ring (bicyclic) bond motifs is 1. The molecule has 1 aromatic carbocycles. The summed E-state index contributed by atoms with van der Waals surface area (Å²) in [5.74, 6) is 1.26. The third-order valence-electron chi connectivity index (χ3n) is 4.49. The predicted molar refractivity (Wildman–Crippen MR) is 122 cm³/mol. The Morgan fingerprint density at radius 1 is 1.32 bits per heavy atom. The van der Waals surface area contributed by atoms with E-state index in [2.05, 4.69) is 36.7 Å². The van der Waals surface area contributed by atoms with Gasteiger partial charge in [0.15, 0.2) is 0 Å². The number of nitrogens with zero attached hydrogens (tertiary/aromatic N) is 5. The fourth-order valence-electron chi connectivity index (χ4n) is 3.10. The number of hydrogen-bond donors (Lipinski definition) is 2. The van der Waals surface area contributed by atoms with Gasteiger partial charge in [-0.15, -0.1) is 0 Å². The van der Waals surface area contributed by atoms with Crippen molar-refractivity contribution in [3.05, 3.63) is 48.4 Å². The number of carbonyl (C=O) groups excluding carboxylic acids is 1. The number of nitrogen functional groups attached to an aromatic ring is 1. The number of nitrogens with one attached hydrogen (secondary N) is 1. The van der Waals surface area contributed by atoms with Crippen LogP contribution in [0.4, 0.5) is 17.5 Å². The predicted octanol–water partition coefficient (Wildman–Crippen LogP) is 3.47. The van der Waals surface area contributed by atoms with E-state index in [-0.39, 0.29) is 11.9 Å². The Labute approximate surface area is 185 Å². The summed E-state index contributed by atoms with van der Waals surface area (Å²) in [6.45, 7) is 7.88. The van der Waals surface area contributed by atoms with Crippen molar-refractivity contribution >= 4 is 45.9 Å². The number of hydrogen-bond acceptors (Lipinski definition) is 8. The molecule has 0 radical (unpaired) electrons. The molecule has 0 atom stereocenters. The van der Waals surface area contributed by atoms with Gasteiger partial charge in [-0.2, -0.15) is 4.98 Å². The monoisotopic (exact) mass is 441 g/mol. The molecule has 0 bridgehead atoms. The number of nitrogens with two attached hydrogens (primary N) is 1. The molecule has 3 heterocycles. The number of rotatable bonds is 5. The SMILES string of the molecule is C=CC(=O)Nc1ccc2c(N3CCCC3)ncnc2c1.CCOc1nc(N)ncc1Cl. The van der Waals surface area contributed by atoms with E-state index in [0.29, 0.717) is 23.2 Å². The molecule has 0 saturated carbocycles. The van der Waals surface area contributed by atoms with Gasteiger partial charge >= 0.3 is 0 Å². The molecular weight excluding hydrogens is 418 g/mol. The molecule has 0 unspecified atom stereocenters. The number of benzene rings is 1. The molecule has 9 nitrogen and oxygen atoms in total. The van der Waals surface area contributed by atoms with Crippen LogP contribution in [0, 0.1) is 0 Å². The van der Waals surface area contributed by atoms with E-state index in [0.717, 1.165) is 29.8 Å². The van der Waals surface area contributed by atoms with Crippen LogP contribution in [0.5, 0.6) is 5.88 Å². The summed E-state index contributed by atoms with van der Waals surface area (Å²) in [4.78, 5) is 29.8. The van der Waals surface area contributed by atoms with Crippen LogP contribution in [-0.4, -0.2) is 45.5 Å². The Bertz CT molecular complexity index is 1070. The first kappa shape index (κ1) is 22.2. The topological polar surface area (TPSA) is 119 Å². The van der Waals surface area contributed by atoms with E-state index in [1.807, 2.05) is 25.1 Å². The maximum atomic E-state index is 11.3. The smallest absolute Gasteiger partial charge is 0.247 e. The van der Waals surface area contributed by atoms with E-state index in [1.54, 1.807) is 6.33 Å². The molecule has 1 aliphatic heterocycles. The lowest BCUT2D eigenvalue weighted by molar-refractivity contribution is -0.111. The van der Waals surface area contributed by atoms with Crippen molar-refractivity contribution in [2.75, 3.05) is 35.6 Å². The molecule has 3 N–H and O–H groups in total. The summed E-state index contributed by atoms with van der Waals surface area (Å²) in [6.07, 6.45) is 6.65. The molecule has 1 saturated heterocycles.